The summed E-state index contributed by atoms with van der Waals surface area (Å²) in [5.74, 6) is 1.30. The number of ether oxygens (including phenoxy) is 1. The molecule has 1 unspecified atom stereocenters. The van der Waals surface area contributed by atoms with Gasteiger partial charge in [-0.2, -0.15) is 0 Å². The monoisotopic (exact) mass is 427 g/mol. The Balaban J connectivity index is 1.96. The van der Waals surface area contributed by atoms with E-state index in [1.54, 1.807) is 7.11 Å². The molecule has 1 aliphatic rings. The van der Waals surface area contributed by atoms with Gasteiger partial charge >= 0.3 is 0 Å². The molecule has 1 amide bonds. The highest BCUT2D eigenvalue weighted by atomic mass is 16.5. The Kier molecular flexibility index (Phi) is 8.52. The highest BCUT2D eigenvalue weighted by Gasteiger charge is 2.29. The highest BCUT2D eigenvalue weighted by molar-refractivity contribution is 5.77. The van der Waals surface area contributed by atoms with Crippen LogP contribution in [0.2, 0.25) is 0 Å². The minimum Gasteiger partial charge on any atom is -0.385 e. The van der Waals surface area contributed by atoms with Crippen molar-refractivity contribution in [3.05, 3.63) is 35.9 Å². The summed E-state index contributed by atoms with van der Waals surface area (Å²) in [6.45, 7) is 9.17. The third-order valence-electron chi connectivity index (χ3n) is 5.94. The first-order valence-corrected chi connectivity index (χ1v) is 11.6. The summed E-state index contributed by atoms with van der Waals surface area (Å²) >= 11 is 0. The molecule has 1 saturated heterocycles. The largest absolute Gasteiger partial charge is 0.385 e. The van der Waals surface area contributed by atoms with Crippen LogP contribution in [0.1, 0.15) is 58.4 Å². The Morgan fingerprint density at radius 3 is 2.74 bits per heavy atom. The minimum atomic E-state index is 0.170. The Bertz CT molecular complexity index is 819. The van der Waals surface area contributed by atoms with E-state index < -0.39 is 0 Å². The lowest BCUT2D eigenvalue weighted by atomic mass is 10.0. The van der Waals surface area contributed by atoms with Crippen molar-refractivity contribution < 1.29 is 14.1 Å². The van der Waals surface area contributed by atoms with E-state index in [0.29, 0.717) is 38.1 Å². The number of nitrogens with zero attached hydrogens (tertiary/aromatic N) is 3. The van der Waals surface area contributed by atoms with E-state index in [-0.39, 0.29) is 5.91 Å². The molecule has 6 heteroatoms. The van der Waals surface area contributed by atoms with Gasteiger partial charge in [-0.1, -0.05) is 49.3 Å². The summed E-state index contributed by atoms with van der Waals surface area (Å²) < 4.78 is 11.2. The SMILES string of the molecule is COCCCN(Cc1c(-c2ccccc2)noc1N1CCCCC1C)C(=O)CC(C)C. The van der Waals surface area contributed by atoms with Crippen LogP contribution < -0.4 is 4.90 Å². The molecular formula is C25H37N3O3. The quantitative estimate of drug-likeness (QED) is 0.492. The Hall–Kier alpha value is -2.34. The minimum absolute atomic E-state index is 0.170. The summed E-state index contributed by atoms with van der Waals surface area (Å²) in [4.78, 5) is 17.4. The lowest BCUT2D eigenvalue weighted by Crippen LogP contribution is -2.38. The molecule has 3 rings (SSSR count). The zero-order valence-electron chi connectivity index (χ0n) is 19.5. The van der Waals surface area contributed by atoms with Crippen molar-refractivity contribution in [3.8, 4) is 11.3 Å². The zero-order chi connectivity index (χ0) is 22.2. The molecule has 0 N–H and O–H groups in total. The predicted molar refractivity (Wildman–Crippen MR) is 124 cm³/mol. The number of benzene rings is 1. The molecule has 170 valence electrons. The van der Waals surface area contributed by atoms with Gasteiger partial charge in [0.1, 0.15) is 5.69 Å². The molecule has 2 heterocycles. The first-order chi connectivity index (χ1) is 15.0. The Morgan fingerprint density at radius 2 is 2.06 bits per heavy atom. The summed E-state index contributed by atoms with van der Waals surface area (Å²) in [7, 11) is 1.70. The average molecular weight is 428 g/mol. The number of rotatable bonds is 10. The molecule has 0 spiro atoms. The normalized spacial score (nSPS) is 16.7. The van der Waals surface area contributed by atoms with Crippen LogP contribution in [-0.4, -0.2) is 48.8 Å². The third kappa shape index (κ3) is 6.10. The van der Waals surface area contributed by atoms with Crippen LogP contribution in [0, 0.1) is 5.92 Å². The second-order valence-corrected chi connectivity index (χ2v) is 8.98. The summed E-state index contributed by atoms with van der Waals surface area (Å²) in [6.07, 6.45) is 4.87. The molecule has 0 aliphatic carbocycles. The third-order valence-corrected chi connectivity index (χ3v) is 5.94. The molecule has 6 nitrogen and oxygen atoms in total. The molecule has 1 aliphatic heterocycles. The van der Waals surface area contributed by atoms with Crippen LogP contribution in [0.3, 0.4) is 0 Å². The maximum Gasteiger partial charge on any atom is 0.233 e. The first-order valence-electron chi connectivity index (χ1n) is 11.6. The fraction of sp³-hybridized carbons (Fsp3) is 0.600. The van der Waals surface area contributed by atoms with Gasteiger partial charge in [0, 0.05) is 44.8 Å². The van der Waals surface area contributed by atoms with Gasteiger partial charge in [0.2, 0.25) is 11.8 Å². The molecule has 1 aromatic carbocycles. The Labute approximate surface area is 186 Å². The van der Waals surface area contributed by atoms with Gasteiger partial charge < -0.3 is 19.1 Å². The van der Waals surface area contributed by atoms with E-state index in [1.807, 2.05) is 23.1 Å². The standard InChI is InChI=1S/C25H37N3O3/c1-19(2)17-23(29)27(14-10-16-30-4)18-22-24(21-12-6-5-7-13-21)26-31-25(22)28-15-9-8-11-20(28)3/h5-7,12-13,19-20H,8-11,14-18H2,1-4H3. The van der Waals surface area contributed by atoms with Crippen molar-refractivity contribution in [2.75, 3.05) is 31.7 Å². The molecule has 2 aromatic rings. The van der Waals surface area contributed by atoms with E-state index in [4.69, 9.17) is 9.26 Å². The topological polar surface area (TPSA) is 58.8 Å². The molecule has 0 saturated carbocycles. The van der Waals surface area contributed by atoms with Crippen molar-refractivity contribution in [2.45, 2.75) is 65.5 Å². The number of hydrogen-bond acceptors (Lipinski definition) is 5. The number of anilines is 1. The van der Waals surface area contributed by atoms with Crippen molar-refractivity contribution >= 4 is 11.8 Å². The van der Waals surface area contributed by atoms with Gasteiger partial charge in [0.05, 0.1) is 12.1 Å². The van der Waals surface area contributed by atoms with Gasteiger partial charge in [0.15, 0.2) is 0 Å². The maximum absolute atomic E-state index is 13.1. The molecular weight excluding hydrogens is 390 g/mol. The van der Waals surface area contributed by atoms with E-state index in [0.717, 1.165) is 48.5 Å². The molecule has 0 bridgehead atoms. The van der Waals surface area contributed by atoms with Crippen LogP contribution in [0.4, 0.5) is 5.88 Å². The number of piperidine rings is 1. The summed E-state index contributed by atoms with van der Waals surface area (Å²) in [5.41, 5.74) is 2.86. The average Bonchev–Trinajstić information content (AvgIpc) is 3.17. The number of hydrogen-bond donors (Lipinski definition) is 0. The fourth-order valence-corrected chi connectivity index (χ4v) is 4.25. The van der Waals surface area contributed by atoms with E-state index in [1.165, 1.54) is 6.42 Å². The number of amides is 1. The van der Waals surface area contributed by atoms with Gasteiger partial charge in [-0.3, -0.25) is 4.79 Å². The van der Waals surface area contributed by atoms with Gasteiger partial charge in [-0.15, -0.1) is 0 Å². The fourth-order valence-electron chi connectivity index (χ4n) is 4.25. The second kappa shape index (κ2) is 11.3. The molecule has 1 atom stereocenters. The molecule has 0 radical (unpaired) electrons. The number of methoxy groups -OCH3 is 1. The first kappa shape index (κ1) is 23.3. The molecule has 1 fully saturated rings. The maximum atomic E-state index is 13.1. The van der Waals surface area contributed by atoms with Crippen molar-refractivity contribution in [1.29, 1.82) is 0 Å². The lowest BCUT2D eigenvalue weighted by Gasteiger charge is -2.34. The number of carbonyl (C=O) groups excluding carboxylic acids is 1. The summed E-state index contributed by atoms with van der Waals surface area (Å²) in [6, 6.07) is 10.5. The molecule has 31 heavy (non-hydrogen) atoms. The van der Waals surface area contributed by atoms with E-state index in [9.17, 15) is 4.79 Å². The van der Waals surface area contributed by atoms with Crippen molar-refractivity contribution in [1.82, 2.24) is 10.1 Å². The van der Waals surface area contributed by atoms with Crippen molar-refractivity contribution in [2.24, 2.45) is 5.92 Å². The summed E-state index contributed by atoms with van der Waals surface area (Å²) in [5, 5.41) is 4.49. The Morgan fingerprint density at radius 1 is 1.29 bits per heavy atom. The molecule has 1 aromatic heterocycles. The van der Waals surface area contributed by atoms with Crippen molar-refractivity contribution in [3.63, 3.8) is 0 Å². The highest BCUT2D eigenvalue weighted by Crippen LogP contribution is 2.35. The number of carbonyl (C=O) groups is 1. The van der Waals surface area contributed by atoms with E-state index >= 15 is 0 Å². The lowest BCUT2D eigenvalue weighted by molar-refractivity contribution is -0.132. The van der Waals surface area contributed by atoms with Crippen LogP contribution >= 0.6 is 0 Å². The van der Waals surface area contributed by atoms with Crippen LogP contribution in [0.25, 0.3) is 11.3 Å². The predicted octanol–water partition coefficient (Wildman–Crippen LogP) is 5.13. The number of aromatic nitrogens is 1. The van der Waals surface area contributed by atoms with E-state index in [2.05, 4.69) is 43.0 Å². The van der Waals surface area contributed by atoms with Crippen LogP contribution in [0.5, 0.6) is 0 Å². The zero-order valence-corrected chi connectivity index (χ0v) is 19.5. The van der Waals surface area contributed by atoms with Gasteiger partial charge in [0.25, 0.3) is 0 Å². The second-order valence-electron chi connectivity index (χ2n) is 8.98. The van der Waals surface area contributed by atoms with Gasteiger partial charge in [-0.05, 0) is 38.5 Å². The van der Waals surface area contributed by atoms with Crippen LogP contribution in [0.15, 0.2) is 34.9 Å². The van der Waals surface area contributed by atoms with Crippen LogP contribution in [-0.2, 0) is 16.1 Å². The van der Waals surface area contributed by atoms with Gasteiger partial charge in [-0.25, -0.2) is 0 Å². The smallest absolute Gasteiger partial charge is 0.233 e.